The average Bonchev–Trinajstić information content (AvgIpc) is 3.54. The van der Waals surface area contributed by atoms with Gasteiger partial charge in [0.15, 0.2) is 0 Å². The highest BCUT2D eigenvalue weighted by Crippen LogP contribution is 2.43. The van der Waals surface area contributed by atoms with Crippen molar-refractivity contribution in [2.24, 2.45) is 0 Å². The minimum atomic E-state index is -0.858. The molecule has 0 spiro atoms. The Labute approximate surface area is 254 Å². The number of rotatable bonds is 7. The molecule has 4 atom stereocenters. The molecule has 10 heteroatoms. The van der Waals surface area contributed by atoms with E-state index in [4.69, 9.17) is 24.4 Å². The van der Waals surface area contributed by atoms with Crippen LogP contribution in [-0.4, -0.2) is 81.7 Å². The number of morpholine rings is 1. The van der Waals surface area contributed by atoms with Gasteiger partial charge in [-0.15, -0.1) is 0 Å². The van der Waals surface area contributed by atoms with Crippen molar-refractivity contribution in [3.05, 3.63) is 54.0 Å². The van der Waals surface area contributed by atoms with E-state index >= 15 is 4.39 Å². The van der Waals surface area contributed by atoms with Crippen LogP contribution in [0.1, 0.15) is 43.7 Å². The van der Waals surface area contributed by atoms with Crippen LogP contribution in [0.5, 0.6) is 11.8 Å². The summed E-state index contributed by atoms with van der Waals surface area (Å²) < 4.78 is 41.8. The number of pyridine rings is 1. The highest BCUT2D eigenvalue weighted by Gasteiger charge is 2.49. The lowest BCUT2D eigenvalue weighted by molar-refractivity contribution is -0.133. The topological polar surface area (TPSA) is 83.8 Å². The van der Waals surface area contributed by atoms with E-state index in [1.807, 2.05) is 6.92 Å². The Morgan fingerprint density at radius 1 is 1.20 bits per heavy atom. The van der Waals surface area contributed by atoms with Gasteiger partial charge in [0.2, 0.25) is 0 Å². The lowest BCUT2D eigenvalue weighted by Crippen LogP contribution is -2.57. The molecule has 0 saturated carbocycles. The maximum absolute atomic E-state index is 15.0. The van der Waals surface area contributed by atoms with Gasteiger partial charge in [-0.3, -0.25) is 9.88 Å². The summed E-state index contributed by atoms with van der Waals surface area (Å²) in [5, 5.41) is 12.9. The Kier molecular flexibility index (Phi) is 6.50. The molecule has 5 aliphatic heterocycles. The zero-order chi connectivity index (χ0) is 30.2. The molecule has 5 aliphatic rings. The van der Waals surface area contributed by atoms with Crippen LogP contribution < -0.4 is 9.64 Å². The third kappa shape index (κ3) is 4.33. The summed E-state index contributed by atoms with van der Waals surface area (Å²) in [7, 11) is 0. The predicted molar refractivity (Wildman–Crippen MR) is 165 cm³/mol. The van der Waals surface area contributed by atoms with Crippen LogP contribution in [0, 0.1) is 5.82 Å². The summed E-state index contributed by atoms with van der Waals surface area (Å²) in [6, 6.07) is 6.59. The number of hydrogen-bond acceptors (Lipinski definition) is 8. The lowest BCUT2D eigenvalue weighted by atomic mass is 9.92. The molecule has 0 radical (unpaired) electrons. The van der Waals surface area contributed by atoms with Crippen LogP contribution in [0.2, 0.25) is 0 Å². The number of piperidine rings is 1. The molecule has 5 saturated heterocycles. The zero-order valence-electron chi connectivity index (χ0n) is 24.7. The van der Waals surface area contributed by atoms with Gasteiger partial charge in [0.1, 0.15) is 30.2 Å². The molecule has 4 aromatic rings. The van der Waals surface area contributed by atoms with Crippen molar-refractivity contribution >= 4 is 33.6 Å². The van der Waals surface area contributed by atoms with Gasteiger partial charge < -0.3 is 19.5 Å². The van der Waals surface area contributed by atoms with Crippen LogP contribution in [-0.2, 0) is 11.2 Å². The lowest BCUT2D eigenvalue weighted by Gasteiger charge is -2.47. The van der Waals surface area contributed by atoms with Gasteiger partial charge in [-0.25, -0.2) is 8.78 Å². The second-order valence-electron chi connectivity index (χ2n) is 12.7. The van der Waals surface area contributed by atoms with Gasteiger partial charge >= 0.3 is 6.01 Å². The molecule has 1 N–H and O–H groups in total. The number of nitrogens with zero attached hydrogens (tertiary/aromatic N) is 5. The number of aryl methyl sites for hydroxylation is 1. The van der Waals surface area contributed by atoms with Crippen molar-refractivity contribution in [2.45, 2.75) is 62.9 Å². The molecule has 2 aromatic carbocycles. The quantitative estimate of drug-likeness (QED) is 0.284. The highest BCUT2D eigenvalue weighted by molar-refractivity contribution is 6.05. The SMILES string of the molecule is C=Cc1c(-c2cc(O)cc3ccc(F)c(CC)c23)ncc2c(N3CC4CC(C3)O4)nc(OC[C@@]34CCCN3C[C@H](F)C4)nc12. The number of hydrogen-bond donors (Lipinski definition) is 1. The Morgan fingerprint density at radius 2 is 2.02 bits per heavy atom. The summed E-state index contributed by atoms with van der Waals surface area (Å²) >= 11 is 0. The predicted octanol–water partition coefficient (Wildman–Crippen LogP) is 5.83. The van der Waals surface area contributed by atoms with Gasteiger partial charge in [0.05, 0.1) is 34.3 Å². The summed E-state index contributed by atoms with van der Waals surface area (Å²) in [6.45, 7) is 9.05. The Balaban J connectivity index is 1.29. The number of phenolic OH excluding ortho intramolecular Hbond substituents is 1. The Bertz CT molecular complexity index is 1800. The molecule has 8 nitrogen and oxygen atoms in total. The van der Waals surface area contributed by atoms with Crippen molar-refractivity contribution in [3.63, 3.8) is 0 Å². The van der Waals surface area contributed by atoms with E-state index in [0.717, 1.165) is 36.6 Å². The van der Waals surface area contributed by atoms with Crippen molar-refractivity contribution in [3.8, 4) is 23.0 Å². The molecule has 0 amide bonds. The second kappa shape index (κ2) is 10.3. The normalized spacial score (nSPS) is 26.2. The number of aromatic nitrogens is 3. The molecule has 7 heterocycles. The van der Waals surface area contributed by atoms with Gasteiger partial charge in [0.25, 0.3) is 0 Å². The number of anilines is 1. The highest BCUT2D eigenvalue weighted by atomic mass is 19.1. The summed E-state index contributed by atoms with van der Waals surface area (Å²) in [5.41, 5.74) is 2.58. The number of benzene rings is 2. The Hall–Kier alpha value is -3.89. The molecular formula is C34H35F2N5O3. The molecular weight excluding hydrogens is 564 g/mol. The van der Waals surface area contributed by atoms with Crippen LogP contribution in [0.3, 0.4) is 0 Å². The number of ether oxygens (including phenoxy) is 2. The van der Waals surface area contributed by atoms with Crippen molar-refractivity contribution < 1.29 is 23.4 Å². The summed E-state index contributed by atoms with van der Waals surface area (Å²) in [5.74, 6) is 0.463. The van der Waals surface area contributed by atoms with Crippen LogP contribution in [0.4, 0.5) is 14.6 Å². The fourth-order valence-electron chi connectivity index (χ4n) is 7.99. The first kappa shape index (κ1) is 27.6. The smallest absolute Gasteiger partial charge is 0.319 e. The first-order chi connectivity index (χ1) is 21.4. The molecule has 2 aromatic heterocycles. The van der Waals surface area contributed by atoms with Gasteiger partial charge in [-0.05, 0) is 60.3 Å². The van der Waals surface area contributed by atoms with Gasteiger partial charge in [-0.2, -0.15) is 9.97 Å². The molecule has 44 heavy (non-hydrogen) atoms. The van der Waals surface area contributed by atoms with Crippen LogP contribution in [0.15, 0.2) is 37.0 Å². The summed E-state index contributed by atoms with van der Waals surface area (Å²) in [4.78, 5) is 19.1. The molecule has 9 rings (SSSR count). The number of alkyl halides is 1. The number of fused-ring (bicyclic) bond motifs is 5. The van der Waals surface area contributed by atoms with E-state index in [9.17, 15) is 9.50 Å². The largest absolute Gasteiger partial charge is 0.508 e. The van der Waals surface area contributed by atoms with Crippen molar-refractivity contribution in [1.29, 1.82) is 0 Å². The van der Waals surface area contributed by atoms with Crippen LogP contribution in [0.25, 0.3) is 39.0 Å². The maximum atomic E-state index is 15.0. The number of halogens is 2. The minimum Gasteiger partial charge on any atom is -0.508 e. The summed E-state index contributed by atoms with van der Waals surface area (Å²) in [6.07, 6.45) is 6.76. The molecule has 228 valence electrons. The first-order valence-electron chi connectivity index (χ1n) is 15.6. The molecule has 5 fully saturated rings. The molecule has 0 aliphatic carbocycles. The Morgan fingerprint density at radius 3 is 2.80 bits per heavy atom. The maximum Gasteiger partial charge on any atom is 0.319 e. The standard InChI is InChI=1S/C34H35F2N5O3/c1-3-24-28(36)7-6-19-10-21(42)11-26(29(19)24)30-25(4-2)31-27(14-37-30)32(40-16-22-12-23(17-40)44-22)39-33(38-31)43-18-34-8-5-9-41(34)15-20(35)13-34/h4,6-7,10-11,14,20,22-23,42H,2-3,5,8-9,12-13,15-18H2,1H3/t20-,22?,23?,34+/m1/s1. The third-order valence-corrected chi connectivity index (χ3v) is 9.99. The number of phenols is 1. The fourth-order valence-corrected chi connectivity index (χ4v) is 7.99. The van der Waals surface area contributed by atoms with E-state index in [1.54, 1.807) is 30.5 Å². The molecule has 2 bridgehead atoms. The van der Waals surface area contributed by atoms with E-state index in [-0.39, 0.29) is 35.3 Å². The molecule has 2 unspecified atom stereocenters. The third-order valence-electron chi connectivity index (χ3n) is 9.99. The van der Waals surface area contributed by atoms with Gasteiger partial charge in [0, 0.05) is 49.8 Å². The van der Waals surface area contributed by atoms with Crippen molar-refractivity contribution in [1.82, 2.24) is 19.9 Å². The second-order valence-corrected chi connectivity index (χ2v) is 12.7. The fraction of sp³-hybridized carbons (Fsp3) is 0.441. The van der Waals surface area contributed by atoms with Gasteiger partial charge in [-0.1, -0.05) is 25.6 Å². The first-order valence-corrected chi connectivity index (χ1v) is 15.6. The van der Waals surface area contributed by atoms with E-state index in [0.29, 0.717) is 78.2 Å². The van der Waals surface area contributed by atoms with E-state index < -0.39 is 6.17 Å². The van der Waals surface area contributed by atoms with E-state index in [1.165, 1.54) is 6.07 Å². The minimum absolute atomic E-state index is 0.0566. The monoisotopic (exact) mass is 599 g/mol. The van der Waals surface area contributed by atoms with Crippen LogP contribution >= 0.6 is 0 Å². The number of aromatic hydroxyl groups is 1. The van der Waals surface area contributed by atoms with Crippen molar-refractivity contribution in [2.75, 3.05) is 37.7 Å². The zero-order valence-corrected chi connectivity index (χ0v) is 24.7. The average molecular weight is 600 g/mol. The van der Waals surface area contributed by atoms with E-state index in [2.05, 4.69) is 16.4 Å².